The second-order valence-electron chi connectivity index (χ2n) is 4.90. The summed E-state index contributed by atoms with van der Waals surface area (Å²) in [6.45, 7) is 4.63. The van der Waals surface area contributed by atoms with E-state index in [1.54, 1.807) is 6.20 Å². The molecule has 0 saturated carbocycles. The van der Waals surface area contributed by atoms with Gasteiger partial charge in [0.25, 0.3) is 0 Å². The van der Waals surface area contributed by atoms with Gasteiger partial charge in [0.05, 0.1) is 11.5 Å². The predicted molar refractivity (Wildman–Crippen MR) is 77.5 cm³/mol. The van der Waals surface area contributed by atoms with Crippen LogP contribution >= 0.6 is 0 Å². The van der Waals surface area contributed by atoms with E-state index in [-0.39, 0.29) is 0 Å². The molecule has 1 atom stereocenters. The van der Waals surface area contributed by atoms with Gasteiger partial charge in [-0.05, 0) is 37.1 Å². The molecule has 0 amide bonds. The van der Waals surface area contributed by atoms with Crippen molar-refractivity contribution in [3.63, 3.8) is 0 Å². The van der Waals surface area contributed by atoms with Crippen LogP contribution in [0.2, 0.25) is 0 Å². The molecule has 0 spiro atoms. The van der Waals surface area contributed by atoms with E-state index >= 15 is 0 Å². The van der Waals surface area contributed by atoms with Crippen molar-refractivity contribution in [3.05, 3.63) is 59.8 Å². The molecular weight excluding hydrogens is 234 g/mol. The highest BCUT2D eigenvalue weighted by molar-refractivity contribution is 5.42. The van der Waals surface area contributed by atoms with Crippen molar-refractivity contribution < 1.29 is 0 Å². The number of allylic oxidation sites excluding steroid dienone is 4. The molecule has 3 nitrogen and oxygen atoms in total. The summed E-state index contributed by atoms with van der Waals surface area (Å²) in [4.78, 5) is 4.26. The molecule has 1 aliphatic carbocycles. The van der Waals surface area contributed by atoms with Gasteiger partial charge in [-0.1, -0.05) is 30.4 Å². The van der Waals surface area contributed by atoms with Gasteiger partial charge in [0, 0.05) is 12.7 Å². The Kier molecular flexibility index (Phi) is 3.82. The van der Waals surface area contributed by atoms with Gasteiger partial charge in [-0.2, -0.15) is 5.26 Å². The molecule has 3 heteroatoms. The van der Waals surface area contributed by atoms with E-state index < -0.39 is 5.41 Å². The zero-order valence-corrected chi connectivity index (χ0v) is 11.2. The number of nitriles is 1. The molecule has 0 aromatic carbocycles. The van der Waals surface area contributed by atoms with Gasteiger partial charge in [0.1, 0.15) is 5.82 Å². The first-order valence-electron chi connectivity index (χ1n) is 6.27. The quantitative estimate of drug-likeness (QED) is 0.895. The summed E-state index contributed by atoms with van der Waals surface area (Å²) in [5.41, 5.74) is 1.79. The molecular formula is C16H17N3. The Balaban J connectivity index is 2.02. The van der Waals surface area contributed by atoms with Crippen LogP contribution in [0, 0.1) is 23.7 Å². The van der Waals surface area contributed by atoms with Crippen molar-refractivity contribution in [3.8, 4) is 6.07 Å². The molecule has 0 fully saturated rings. The molecule has 1 aromatic heterocycles. The van der Waals surface area contributed by atoms with Gasteiger partial charge < -0.3 is 5.32 Å². The maximum Gasteiger partial charge on any atom is 0.126 e. The predicted octanol–water partition coefficient (Wildman–Crippen LogP) is 3.38. The highest BCUT2D eigenvalue weighted by Gasteiger charge is 2.16. The van der Waals surface area contributed by atoms with Crippen LogP contribution in [0.25, 0.3) is 0 Å². The third-order valence-corrected chi connectivity index (χ3v) is 3.03. The lowest BCUT2D eigenvalue weighted by molar-refractivity contribution is 0.736. The SMILES string of the molecule is Cc1ccnc(NCC2=CC=CC(C)(C#N)C=C2)c1. The fourth-order valence-corrected chi connectivity index (χ4v) is 1.78. The smallest absolute Gasteiger partial charge is 0.126 e. The van der Waals surface area contributed by atoms with Gasteiger partial charge in [-0.15, -0.1) is 0 Å². The summed E-state index contributed by atoms with van der Waals surface area (Å²) in [6, 6.07) is 6.26. The van der Waals surface area contributed by atoms with Crippen LogP contribution in [0.15, 0.2) is 54.3 Å². The van der Waals surface area contributed by atoms with E-state index in [2.05, 4.69) is 16.4 Å². The fourth-order valence-electron chi connectivity index (χ4n) is 1.78. The normalized spacial score (nSPS) is 21.4. The van der Waals surface area contributed by atoms with Gasteiger partial charge in [-0.3, -0.25) is 0 Å². The summed E-state index contributed by atoms with van der Waals surface area (Å²) in [7, 11) is 0. The minimum Gasteiger partial charge on any atom is -0.366 e. The number of hydrogen-bond donors (Lipinski definition) is 1. The average molecular weight is 251 g/mol. The highest BCUT2D eigenvalue weighted by atomic mass is 15.0. The van der Waals surface area contributed by atoms with Crippen molar-refractivity contribution in [1.29, 1.82) is 5.26 Å². The minimum absolute atomic E-state index is 0.514. The Labute approximate surface area is 114 Å². The van der Waals surface area contributed by atoms with Crippen LogP contribution in [0.5, 0.6) is 0 Å². The molecule has 1 heterocycles. The summed E-state index contributed by atoms with van der Waals surface area (Å²) in [5.74, 6) is 0.866. The Bertz CT molecular complexity index is 590. The van der Waals surface area contributed by atoms with Crippen LogP contribution in [0.4, 0.5) is 5.82 Å². The second-order valence-corrected chi connectivity index (χ2v) is 4.90. The van der Waals surface area contributed by atoms with Crippen LogP contribution < -0.4 is 5.32 Å². The van der Waals surface area contributed by atoms with Crippen LogP contribution in [0.3, 0.4) is 0 Å². The van der Waals surface area contributed by atoms with E-state index in [1.165, 1.54) is 5.56 Å². The third-order valence-electron chi connectivity index (χ3n) is 3.03. The van der Waals surface area contributed by atoms with Crippen molar-refractivity contribution in [1.82, 2.24) is 4.98 Å². The van der Waals surface area contributed by atoms with E-state index in [4.69, 9.17) is 5.26 Å². The number of pyridine rings is 1. The average Bonchev–Trinajstić information content (AvgIpc) is 2.59. The van der Waals surface area contributed by atoms with Crippen molar-refractivity contribution >= 4 is 5.82 Å². The molecule has 1 aromatic rings. The van der Waals surface area contributed by atoms with Crippen molar-refractivity contribution in [2.24, 2.45) is 5.41 Å². The molecule has 19 heavy (non-hydrogen) atoms. The number of rotatable bonds is 3. The Hall–Kier alpha value is -2.34. The lowest BCUT2D eigenvalue weighted by Crippen LogP contribution is -2.06. The van der Waals surface area contributed by atoms with Crippen LogP contribution in [-0.4, -0.2) is 11.5 Å². The number of nitrogens with zero attached hydrogens (tertiary/aromatic N) is 2. The van der Waals surface area contributed by atoms with Crippen LogP contribution in [-0.2, 0) is 0 Å². The zero-order valence-electron chi connectivity index (χ0n) is 11.2. The summed E-state index contributed by atoms with van der Waals surface area (Å²) < 4.78 is 0. The van der Waals surface area contributed by atoms with E-state index in [0.717, 1.165) is 11.4 Å². The van der Waals surface area contributed by atoms with Gasteiger partial charge in [-0.25, -0.2) is 4.98 Å². The molecule has 96 valence electrons. The van der Waals surface area contributed by atoms with Gasteiger partial charge in [0.15, 0.2) is 0 Å². The third kappa shape index (κ3) is 3.56. The molecule has 0 saturated heterocycles. The van der Waals surface area contributed by atoms with Crippen molar-refractivity contribution in [2.45, 2.75) is 13.8 Å². The first-order chi connectivity index (χ1) is 9.11. The second kappa shape index (κ2) is 5.53. The first kappa shape index (κ1) is 13.1. The Morgan fingerprint density at radius 3 is 3.00 bits per heavy atom. The summed E-state index contributed by atoms with van der Waals surface area (Å²) in [6.07, 6.45) is 11.6. The number of nitrogens with one attached hydrogen (secondary N) is 1. The lowest BCUT2D eigenvalue weighted by atomic mass is 9.92. The summed E-state index contributed by atoms with van der Waals surface area (Å²) >= 11 is 0. The molecule has 0 radical (unpaired) electrons. The summed E-state index contributed by atoms with van der Waals surface area (Å²) in [5, 5.41) is 12.4. The fraction of sp³-hybridized carbons (Fsp3) is 0.250. The first-order valence-corrected chi connectivity index (χ1v) is 6.27. The van der Waals surface area contributed by atoms with Crippen LogP contribution in [0.1, 0.15) is 12.5 Å². The molecule has 0 aliphatic heterocycles. The highest BCUT2D eigenvalue weighted by Crippen LogP contribution is 2.22. The lowest BCUT2D eigenvalue weighted by Gasteiger charge is -2.09. The monoisotopic (exact) mass is 251 g/mol. The Morgan fingerprint density at radius 2 is 2.26 bits per heavy atom. The molecule has 1 N–H and O–H groups in total. The van der Waals surface area contributed by atoms with Gasteiger partial charge >= 0.3 is 0 Å². The number of aromatic nitrogens is 1. The zero-order chi connectivity index (χ0) is 13.7. The minimum atomic E-state index is -0.514. The van der Waals surface area contributed by atoms with Gasteiger partial charge in [0.2, 0.25) is 0 Å². The maximum absolute atomic E-state index is 9.10. The molecule has 2 rings (SSSR count). The standard InChI is InChI=1S/C16H17N3/c1-13-6-9-18-15(10-13)19-11-14-4-3-7-16(2,12-17)8-5-14/h3-10H,11H2,1-2H3,(H,18,19). The largest absolute Gasteiger partial charge is 0.366 e. The molecule has 1 aliphatic rings. The maximum atomic E-state index is 9.10. The van der Waals surface area contributed by atoms with Crippen molar-refractivity contribution in [2.75, 3.05) is 11.9 Å². The van der Waals surface area contributed by atoms with E-state index in [9.17, 15) is 0 Å². The van der Waals surface area contributed by atoms with E-state index in [0.29, 0.717) is 6.54 Å². The molecule has 1 unspecified atom stereocenters. The number of anilines is 1. The molecule has 0 bridgehead atoms. The van der Waals surface area contributed by atoms with E-state index in [1.807, 2.05) is 56.4 Å². The Morgan fingerprint density at radius 1 is 1.42 bits per heavy atom. The number of hydrogen-bond acceptors (Lipinski definition) is 3. The number of aryl methyl sites for hydroxylation is 1. The topological polar surface area (TPSA) is 48.7 Å².